The Morgan fingerprint density at radius 2 is 2.44 bits per heavy atom. The molecule has 0 aromatic carbocycles. The molecule has 7 heteroatoms. The van der Waals surface area contributed by atoms with E-state index in [0.717, 1.165) is 6.20 Å². The molecule has 0 aliphatic rings. The van der Waals surface area contributed by atoms with Crippen molar-refractivity contribution in [2.45, 2.75) is 0 Å². The largest absolute Gasteiger partial charge is 0.368 e. The van der Waals surface area contributed by atoms with Gasteiger partial charge in [-0.05, 0) is 12.1 Å². The third kappa shape index (κ3) is 4.18. The van der Waals surface area contributed by atoms with Gasteiger partial charge in [0, 0.05) is 13.2 Å². The van der Waals surface area contributed by atoms with Gasteiger partial charge in [-0.25, -0.2) is 0 Å². The summed E-state index contributed by atoms with van der Waals surface area (Å²) in [4.78, 5) is 13.6. The molecule has 7 nitrogen and oxygen atoms in total. The highest BCUT2D eigenvalue weighted by Gasteiger charge is 1.96. The molecule has 16 heavy (non-hydrogen) atoms. The molecule has 0 amide bonds. The molecule has 0 saturated carbocycles. The molecule has 0 saturated heterocycles. The van der Waals surface area contributed by atoms with Crippen LogP contribution in [-0.4, -0.2) is 23.2 Å². The molecular formula is C9H11N5O2. The summed E-state index contributed by atoms with van der Waals surface area (Å²) in [6.07, 6.45) is 3.88. The first-order chi connectivity index (χ1) is 7.72. The zero-order valence-corrected chi connectivity index (χ0v) is 8.62. The van der Waals surface area contributed by atoms with Crippen LogP contribution in [0.2, 0.25) is 0 Å². The van der Waals surface area contributed by atoms with Crippen molar-refractivity contribution in [3.05, 3.63) is 52.2 Å². The second-order valence-electron chi connectivity index (χ2n) is 2.70. The standard InChI is InChI=1S/C9H11N5O2/c1-10-9(7-14(15)16)13-12-6-8-4-2-3-5-11-8/h2-7,10,13H,1H3. The molecule has 2 N–H and O–H groups in total. The molecule has 0 atom stereocenters. The monoisotopic (exact) mass is 221 g/mol. The highest BCUT2D eigenvalue weighted by molar-refractivity contribution is 5.76. The molecule has 84 valence electrons. The second-order valence-corrected chi connectivity index (χ2v) is 2.70. The summed E-state index contributed by atoms with van der Waals surface area (Å²) >= 11 is 0. The summed E-state index contributed by atoms with van der Waals surface area (Å²) in [5.41, 5.74) is 3.15. The van der Waals surface area contributed by atoms with Gasteiger partial charge in [-0.3, -0.25) is 20.5 Å². The van der Waals surface area contributed by atoms with E-state index in [-0.39, 0.29) is 5.82 Å². The Kier molecular flexibility index (Phi) is 4.45. The molecule has 1 rings (SSSR count). The van der Waals surface area contributed by atoms with E-state index in [1.165, 1.54) is 6.21 Å². The van der Waals surface area contributed by atoms with Gasteiger partial charge in [-0.2, -0.15) is 5.10 Å². The third-order valence-corrected chi connectivity index (χ3v) is 1.57. The van der Waals surface area contributed by atoms with Gasteiger partial charge in [0.2, 0.25) is 0 Å². The van der Waals surface area contributed by atoms with Crippen molar-refractivity contribution in [3.8, 4) is 0 Å². The van der Waals surface area contributed by atoms with Crippen molar-refractivity contribution in [1.82, 2.24) is 15.7 Å². The maximum absolute atomic E-state index is 10.2. The van der Waals surface area contributed by atoms with E-state index in [2.05, 4.69) is 20.8 Å². The fourth-order valence-electron chi connectivity index (χ4n) is 0.875. The molecule has 0 aliphatic heterocycles. The average Bonchev–Trinajstić information content (AvgIpc) is 2.28. The van der Waals surface area contributed by atoms with Crippen LogP contribution in [0, 0.1) is 10.1 Å². The number of hydrogen-bond acceptors (Lipinski definition) is 6. The summed E-state index contributed by atoms with van der Waals surface area (Å²) < 4.78 is 0. The van der Waals surface area contributed by atoms with Gasteiger partial charge in [0.05, 0.1) is 16.8 Å². The lowest BCUT2D eigenvalue weighted by Gasteiger charge is -2.00. The topological polar surface area (TPSA) is 92.5 Å². The quantitative estimate of drug-likeness (QED) is 0.424. The van der Waals surface area contributed by atoms with Crippen LogP contribution in [-0.2, 0) is 0 Å². The average molecular weight is 221 g/mol. The molecule has 0 aliphatic carbocycles. The fraction of sp³-hybridized carbons (Fsp3) is 0.111. The fourth-order valence-corrected chi connectivity index (χ4v) is 0.875. The molecule has 1 heterocycles. The molecule has 1 aromatic heterocycles. The van der Waals surface area contributed by atoms with Gasteiger partial charge in [-0.1, -0.05) is 6.07 Å². The van der Waals surface area contributed by atoms with Crippen molar-refractivity contribution < 1.29 is 4.92 Å². The van der Waals surface area contributed by atoms with Crippen LogP contribution in [0.1, 0.15) is 5.69 Å². The first-order valence-corrected chi connectivity index (χ1v) is 4.45. The predicted octanol–water partition coefficient (Wildman–Crippen LogP) is 0.300. The number of nitrogens with one attached hydrogen (secondary N) is 2. The molecular weight excluding hydrogens is 210 g/mol. The van der Waals surface area contributed by atoms with Gasteiger partial charge in [0.1, 0.15) is 0 Å². The van der Waals surface area contributed by atoms with E-state index in [0.29, 0.717) is 5.69 Å². The lowest BCUT2D eigenvalue weighted by Crippen LogP contribution is -2.20. The van der Waals surface area contributed by atoms with E-state index < -0.39 is 4.92 Å². The molecule has 0 fully saturated rings. The SMILES string of the molecule is CNC(=C[N+](=O)[O-])NN=Cc1ccccn1. The number of aromatic nitrogens is 1. The van der Waals surface area contributed by atoms with Gasteiger partial charge < -0.3 is 5.32 Å². The molecule has 1 aromatic rings. The van der Waals surface area contributed by atoms with Crippen LogP contribution in [0.25, 0.3) is 0 Å². The van der Waals surface area contributed by atoms with Crippen LogP contribution in [0.15, 0.2) is 41.5 Å². The molecule has 0 bridgehead atoms. The Balaban J connectivity index is 2.56. The summed E-state index contributed by atoms with van der Waals surface area (Å²) in [5.74, 6) is 0.192. The summed E-state index contributed by atoms with van der Waals surface area (Å²) in [7, 11) is 1.55. The molecule has 0 unspecified atom stereocenters. The first-order valence-electron chi connectivity index (χ1n) is 4.45. The number of nitrogens with zero attached hydrogens (tertiary/aromatic N) is 3. The minimum Gasteiger partial charge on any atom is -0.368 e. The summed E-state index contributed by atoms with van der Waals surface area (Å²) in [6.45, 7) is 0. The minimum absolute atomic E-state index is 0.192. The number of pyridine rings is 1. The normalized spacial score (nSPS) is 11.4. The number of nitro groups is 1. The van der Waals surface area contributed by atoms with Crippen LogP contribution in [0.5, 0.6) is 0 Å². The summed E-state index contributed by atoms with van der Waals surface area (Å²) in [6, 6.07) is 5.37. The Hall–Kier alpha value is -2.44. The first kappa shape index (κ1) is 11.6. The van der Waals surface area contributed by atoms with Gasteiger partial charge in [0.15, 0.2) is 5.82 Å². The van der Waals surface area contributed by atoms with Crippen LogP contribution < -0.4 is 10.7 Å². The third-order valence-electron chi connectivity index (χ3n) is 1.57. The number of hydrazone groups is 1. The van der Waals surface area contributed by atoms with Crippen molar-refractivity contribution in [2.75, 3.05) is 7.05 Å². The lowest BCUT2D eigenvalue weighted by atomic mass is 10.4. The molecule has 0 spiro atoms. The Morgan fingerprint density at radius 3 is 3.00 bits per heavy atom. The zero-order valence-electron chi connectivity index (χ0n) is 8.62. The van der Waals surface area contributed by atoms with Crippen molar-refractivity contribution >= 4 is 6.21 Å². The lowest BCUT2D eigenvalue weighted by molar-refractivity contribution is -0.404. The zero-order chi connectivity index (χ0) is 11.8. The van der Waals surface area contributed by atoms with Crippen LogP contribution in [0.3, 0.4) is 0 Å². The second kappa shape index (κ2) is 6.12. The smallest absolute Gasteiger partial charge is 0.275 e. The van der Waals surface area contributed by atoms with Gasteiger partial charge in [-0.15, -0.1) is 0 Å². The Morgan fingerprint density at radius 1 is 1.62 bits per heavy atom. The van der Waals surface area contributed by atoms with Crippen molar-refractivity contribution in [2.24, 2.45) is 5.10 Å². The van der Waals surface area contributed by atoms with E-state index in [9.17, 15) is 10.1 Å². The van der Waals surface area contributed by atoms with Crippen molar-refractivity contribution in [1.29, 1.82) is 0 Å². The van der Waals surface area contributed by atoms with E-state index >= 15 is 0 Å². The van der Waals surface area contributed by atoms with E-state index in [4.69, 9.17) is 0 Å². The highest BCUT2D eigenvalue weighted by atomic mass is 16.6. The predicted molar refractivity (Wildman–Crippen MR) is 59.1 cm³/mol. The maximum atomic E-state index is 10.2. The Bertz CT molecular complexity index is 402. The number of hydrogen-bond donors (Lipinski definition) is 2. The van der Waals surface area contributed by atoms with Crippen LogP contribution in [0.4, 0.5) is 0 Å². The Labute approximate surface area is 92.0 Å². The van der Waals surface area contributed by atoms with Crippen molar-refractivity contribution in [3.63, 3.8) is 0 Å². The number of rotatable bonds is 5. The van der Waals surface area contributed by atoms with Gasteiger partial charge in [0.25, 0.3) is 6.20 Å². The van der Waals surface area contributed by atoms with E-state index in [1.807, 2.05) is 6.07 Å². The molecule has 0 radical (unpaired) electrons. The highest BCUT2D eigenvalue weighted by Crippen LogP contribution is 1.88. The van der Waals surface area contributed by atoms with E-state index in [1.54, 1.807) is 25.4 Å². The summed E-state index contributed by atoms with van der Waals surface area (Å²) in [5, 5.41) is 16.6. The minimum atomic E-state index is -0.574. The maximum Gasteiger partial charge on any atom is 0.275 e. The van der Waals surface area contributed by atoms with Gasteiger partial charge >= 0.3 is 0 Å². The van der Waals surface area contributed by atoms with Crippen LogP contribution >= 0.6 is 0 Å².